The number of carbonyl (C=O) groups is 1. The number of fused-ring (bicyclic) bond motifs is 1. The highest BCUT2D eigenvalue weighted by atomic mass is 32.2. The van der Waals surface area contributed by atoms with Crippen molar-refractivity contribution in [3.8, 4) is 0 Å². The number of aromatic nitrogens is 3. The van der Waals surface area contributed by atoms with Crippen LogP contribution in [0.1, 0.15) is 24.8 Å². The van der Waals surface area contributed by atoms with Crippen molar-refractivity contribution in [2.45, 2.75) is 42.6 Å². The molecule has 0 aromatic carbocycles. The molecule has 2 fully saturated rings. The van der Waals surface area contributed by atoms with Crippen molar-refractivity contribution in [2.24, 2.45) is 0 Å². The molecule has 3 heterocycles. The largest absolute Gasteiger partial charge is 0.339 e. The maximum Gasteiger partial charge on any atom is 0.236 e. The van der Waals surface area contributed by atoms with E-state index < -0.39 is 0 Å². The topological polar surface area (TPSA) is 61.9 Å². The number of aromatic amines is 1. The lowest BCUT2D eigenvalue weighted by molar-refractivity contribution is -0.127. The molecule has 0 bridgehead atoms. The van der Waals surface area contributed by atoms with Crippen molar-refractivity contribution < 1.29 is 4.79 Å². The molecule has 6 heteroatoms. The van der Waals surface area contributed by atoms with Crippen LogP contribution in [0.3, 0.4) is 0 Å². The third-order valence-electron chi connectivity index (χ3n) is 4.01. The van der Waals surface area contributed by atoms with Gasteiger partial charge in [0.05, 0.1) is 10.8 Å². The second-order valence-electron chi connectivity index (χ2n) is 5.53. The lowest BCUT2D eigenvalue weighted by Crippen LogP contribution is -2.30. The molecule has 2 aliphatic rings. The van der Waals surface area contributed by atoms with Crippen molar-refractivity contribution in [1.82, 2.24) is 19.9 Å². The van der Waals surface area contributed by atoms with E-state index in [0.717, 1.165) is 34.8 Å². The smallest absolute Gasteiger partial charge is 0.236 e. The van der Waals surface area contributed by atoms with Gasteiger partial charge in [0.25, 0.3) is 0 Å². The monoisotopic (exact) mass is 288 g/mol. The normalized spacial score (nSPS) is 22.9. The lowest BCUT2D eigenvalue weighted by Gasteiger charge is -2.14. The summed E-state index contributed by atoms with van der Waals surface area (Å²) in [4.78, 5) is 26.4. The van der Waals surface area contributed by atoms with Crippen molar-refractivity contribution >= 4 is 28.8 Å². The zero-order valence-corrected chi connectivity index (χ0v) is 12.1. The maximum absolute atomic E-state index is 12.3. The molecule has 2 aromatic rings. The fraction of sp³-hybridized carbons (Fsp3) is 0.500. The fourth-order valence-corrected chi connectivity index (χ4v) is 3.77. The van der Waals surface area contributed by atoms with Crippen molar-refractivity contribution in [3.05, 3.63) is 17.8 Å². The first-order chi connectivity index (χ1) is 9.72. The van der Waals surface area contributed by atoms with E-state index in [1.165, 1.54) is 12.8 Å². The summed E-state index contributed by atoms with van der Waals surface area (Å²) in [6, 6.07) is 2.48. The van der Waals surface area contributed by atoms with Crippen LogP contribution in [0.25, 0.3) is 11.2 Å². The van der Waals surface area contributed by atoms with Gasteiger partial charge in [0.2, 0.25) is 5.91 Å². The van der Waals surface area contributed by atoms with Crippen LogP contribution in [0.4, 0.5) is 0 Å². The number of hydrogen-bond donors (Lipinski definition) is 1. The van der Waals surface area contributed by atoms with Gasteiger partial charge in [-0.25, -0.2) is 9.97 Å². The second-order valence-corrected chi connectivity index (χ2v) is 6.72. The average molecular weight is 288 g/mol. The summed E-state index contributed by atoms with van der Waals surface area (Å²) in [6.45, 7) is 2.94. The molecule has 0 radical (unpaired) electrons. The molecule has 1 saturated heterocycles. The Kier molecular flexibility index (Phi) is 2.73. The van der Waals surface area contributed by atoms with Crippen LogP contribution in [-0.4, -0.2) is 43.6 Å². The summed E-state index contributed by atoms with van der Waals surface area (Å²) in [5.74, 6) is 0.280. The molecule has 20 heavy (non-hydrogen) atoms. The van der Waals surface area contributed by atoms with Gasteiger partial charge < -0.3 is 9.88 Å². The molecule has 1 atom stereocenters. The number of amides is 1. The van der Waals surface area contributed by atoms with E-state index in [1.54, 1.807) is 18.0 Å². The number of likely N-dealkylation sites (tertiary alicyclic amines) is 1. The van der Waals surface area contributed by atoms with Gasteiger partial charge in [-0.1, -0.05) is 11.8 Å². The van der Waals surface area contributed by atoms with Gasteiger partial charge in [-0.05, 0) is 37.8 Å². The molecule has 1 aliphatic heterocycles. The molecule has 1 aliphatic carbocycles. The molecule has 5 nitrogen and oxygen atoms in total. The molecule has 2 aromatic heterocycles. The van der Waals surface area contributed by atoms with Gasteiger partial charge in [0.15, 0.2) is 10.8 Å². The zero-order chi connectivity index (χ0) is 13.7. The molecular weight excluding hydrogens is 272 g/mol. The zero-order valence-electron chi connectivity index (χ0n) is 11.3. The number of H-pyrrole nitrogens is 1. The summed E-state index contributed by atoms with van der Waals surface area (Å²) in [5, 5.41) is 0.814. The van der Waals surface area contributed by atoms with Crippen molar-refractivity contribution in [2.75, 3.05) is 6.54 Å². The van der Waals surface area contributed by atoms with Crippen LogP contribution in [0.15, 0.2) is 17.4 Å². The molecular formula is C14H16N4OS. The first kappa shape index (κ1) is 12.2. The van der Waals surface area contributed by atoms with Crippen LogP contribution in [0, 0.1) is 6.92 Å². The number of nitrogens with zero attached hydrogens (tertiary/aromatic N) is 3. The SMILES string of the molecule is Cc1ccnc2nc(SC3CCN(C4CC4)C3=O)[nH]c12. The number of rotatable bonds is 3. The third-order valence-corrected chi connectivity index (χ3v) is 5.15. The van der Waals surface area contributed by atoms with E-state index in [1.807, 2.05) is 17.9 Å². The Morgan fingerprint density at radius 1 is 1.40 bits per heavy atom. The molecule has 0 spiro atoms. The van der Waals surface area contributed by atoms with Gasteiger partial charge in [0, 0.05) is 18.8 Å². The van der Waals surface area contributed by atoms with Crippen LogP contribution >= 0.6 is 11.8 Å². The quantitative estimate of drug-likeness (QED) is 0.939. The average Bonchev–Trinajstić information content (AvgIpc) is 3.08. The van der Waals surface area contributed by atoms with Gasteiger partial charge in [-0.3, -0.25) is 4.79 Å². The Bertz CT molecular complexity index is 679. The minimum absolute atomic E-state index is 0.0106. The van der Waals surface area contributed by atoms with Crippen LogP contribution < -0.4 is 0 Å². The highest BCUT2D eigenvalue weighted by Gasteiger charge is 2.41. The minimum atomic E-state index is 0.0106. The highest BCUT2D eigenvalue weighted by Crippen LogP contribution is 2.36. The molecule has 1 N–H and O–H groups in total. The summed E-state index contributed by atoms with van der Waals surface area (Å²) in [5.41, 5.74) is 2.84. The third kappa shape index (κ3) is 1.98. The predicted molar refractivity (Wildman–Crippen MR) is 77.6 cm³/mol. The summed E-state index contributed by atoms with van der Waals surface area (Å²) >= 11 is 1.54. The Balaban J connectivity index is 1.55. The van der Waals surface area contributed by atoms with Crippen LogP contribution in [0.5, 0.6) is 0 Å². The first-order valence-corrected chi connectivity index (χ1v) is 7.89. The van der Waals surface area contributed by atoms with E-state index in [-0.39, 0.29) is 11.2 Å². The standard InChI is InChI=1S/C14H16N4OS/c1-8-4-6-15-12-11(8)16-14(17-12)20-10-5-7-18(13(10)19)9-2-3-9/h4,6,9-10H,2-3,5,7H2,1H3,(H,15,16,17). The number of hydrogen-bond acceptors (Lipinski definition) is 4. The van der Waals surface area contributed by atoms with E-state index in [4.69, 9.17) is 0 Å². The van der Waals surface area contributed by atoms with E-state index in [2.05, 4.69) is 15.0 Å². The van der Waals surface area contributed by atoms with E-state index in [9.17, 15) is 4.79 Å². The van der Waals surface area contributed by atoms with Crippen molar-refractivity contribution in [3.63, 3.8) is 0 Å². The Morgan fingerprint density at radius 2 is 2.25 bits per heavy atom. The highest BCUT2D eigenvalue weighted by molar-refractivity contribution is 8.00. The van der Waals surface area contributed by atoms with Gasteiger partial charge in [-0.15, -0.1) is 0 Å². The number of aryl methyl sites for hydroxylation is 1. The Labute approximate surface area is 121 Å². The number of imidazole rings is 1. The summed E-state index contributed by atoms with van der Waals surface area (Å²) in [7, 11) is 0. The van der Waals surface area contributed by atoms with Gasteiger partial charge >= 0.3 is 0 Å². The first-order valence-electron chi connectivity index (χ1n) is 7.01. The van der Waals surface area contributed by atoms with Gasteiger partial charge in [-0.2, -0.15) is 0 Å². The summed E-state index contributed by atoms with van der Waals surface area (Å²) < 4.78 is 0. The van der Waals surface area contributed by atoms with Crippen LogP contribution in [0.2, 0.25) is 0 Å². The lowest BCUT2D eigenvalue weighted by atomic mass is 10.3. The van der Waals surface area contributed by atoms with E-state index >= 15 is 0 Å². The molecule has 4 rings (SSSR count). The maximum atomic E-state index is 12.3. The fourth-order valence-electron chi connectivity index (χ4n) is 2.74. The van der Waals surface area contributed by atoms with Gasteiger partial charge in [0.1, 0.15) is 0 Å². The van der Waals surface area contributed by atoms with Crippen molar-refractivity contribution in [1.29, 1.82) is 0 Å². The van der Waals surface area contributed by atoms with E-state index in [0.29, 0.717) is 6.04 Å². The molecule has 1 amide bonds. The summed E-state index contributed by atoms with van der Waals surface area (Å²) in [6.07, 6.45) is 5.04. The minimum Gasteiger partial charge on any atom is -0.339 e. The Hall–Kier alpha value is -1.56. The number of pyridine rings is 1. The molecule has 1 unspecified atom stereocenters. The second kappa shape index (κ2) is 4.48. The molecule has 104 valence electrons. The number of thioether (sulfide) groups is 1. The number of nitrogens with one attached hydrogen (secondary N) is 1. The number of carbonyl (C=O) groups excluding carboxylic acids is 1. The molecule has 1 saturated carbocycles. The Morgan fingerprint density at radius 3 is 3.00 bits per heavy atom. The van der Waals surface area contributed by atoms with Crippen LogP contribution in [-0.2, 0) is 4.79 Å². The predicted octanol–water partition coefficient (Wildman–Crippen LogP) is 2.12.